The predicted octanol–water partition coefficient (Wildman–Crippen LogP) is 3.74. The number of aromatic nitrogens is 1. The van der Waals surface area contributed by atoms with E-state index >= 15 is 0 Å². The minimum absolute atomic E-state index is 0.0312. The second kappa shape index (κ2) is 8.05. The van der Waals surface area contributed by atoms with Gasteiger partial charge in [-0.1, -0.05) is 23.8 Å². The Balaban J connectivity index is 1.73. The molecule has 1 atom stereocenters. The molecule has 0 aliphatic carbocycles. The fourth-order valence-electron chi connectivity index (χ4n) is 3.83. The lowest BCUT2D eigenvalue weighted by atomic mass is 10.0. The fraction of sp³-hybridized carbons (Fsp3) is 0.167. The Bertz CT molecular complexity index is 1340. The van der Waals surface area contributed by atoms with E-state index in [1.54, 1.807) is 35.9 Å². The van der Waals surface area contributed by atoms with Crippen LogP contribution in [0, 0.1) is 13.8 Å². The van der Waals surface area contributed by atoms with E-state index in [1.165, 1.54) is 11.0 Å². The number of aryl methyl sites for hydroxylation is 2. The maximum Gasteiger partial charge on any atom is 0.326 e. The molecule has 2 aromatic carbocycles. The zero-order valence-corrected chi connectivity index (χ0v) is 18.6. The topological polar surface area (TPSA) is 91.6 Å². The van der Waals surface area contributed by atoms with Crippen LogP contribution in [0.15, 0.2) is 54.2 Å². The Labute approximate surface area is 189 Å². The largest absolute Gasteiger partial charge is 0.480 e. The highest BCUT2D eigenvalue weighted by molar-refractivity contribution is 7.80. The van der Waals surface area contributed by atoms with E-state index < -0.39 is 23.8 Å². The van der Waals surface area contributed by atoms with Gasteiger partial charge in [-0.05, 0) is 74.5 Å². The average Bonchev–Trinajstić information content (AvgIpc) is 3.15. The van der Waals surface area contributed by atoms with Crippen molar-refractivity contribution in [1.29, 1.82) is 0 Å². The quantitative estimate of drug-likeness (QED) is 0.361. The SMILES string of the molecule is Cc1ccc(N2C(=O)/C(=C/c3ccc4c(ccn4[C@H](C)C(=O)O)c3)C(=O)NC2=S)c(C)c1. The minimum atomic E-state index is -0.930. The summed E-state index contributed by atoms with van der Waals surface area (Å²) >= 11 is 5.28. The lowest BCUT2D eigenvalue weighted by molar-refractivity contribution is -0.140. The Morgan fingerprint density at radius 2 is 1.88 bits per heavy atom. The van der Waals surface area contributed by atoms with E-state index in [-0.39, 0.29) is 10.7 Å². The average molecular weight is 448 g/mol. The van der Waals surface area contributed by atoms with Crippen LogP contribution in [-0.4, -0.2) is 32.6 Å². The Kier molecular flexibility index (Phi) is 5.40. The number of nitrogens with zero attached hydrogens (tertiary/aromatic N) is 2. The van der Waals surface area contributed by atoms with E-state index in [0.717, 1.165) is 22.0 Å². The van der Waals surface area contributed by atoms with Gasteiger partial charge in [0, 0.05) is 17.1 Å². The third kappa shape index (κ3) is 3.69. The number of thiocarbonyl (C=S) groups is 1. The summed E-state index contributed by atoms with van der Waals surface area (Å²) in [6.45, 7) is 5.45. The van der Waals surface area contributed by atoms with Gasteiger partial charge in [-0.3, -0.25) is 19.8 Å². The lowest BCUT2D eigenvalue weighted by Crippen LogP contribution is -2.54. The number of amides is 2. The number of anilines is 1. The predicted molar refractivity (Wildman–Crippen MR) is 126 cm³/mol. The number of nitrogens with one attached hydrogen (secondary N) is 1. The van der Waals surface area contributed by atoms with Crippen LogP contribution in [0.2, 0.25) is 0 Å². The highest BCUT2D eigenvalue weighted by Gasteiger charge is 2.35. The summed E-state index contributed by atoms with van der Waals surface area (Å²) in [6, 6.07) is 12.1. The molecule has 8 heteroatoms. The molecule has 0 spiro atoms. The van der Waals surface area contributed by atoms with E-state index in [2.05, 4.69) is 5.32 Å². The number of fused-ring (bicyclic) bond motifs is 1. The first-order valence-electron chi connectivity index (χ1n) is 9.99. The molecule has 1 aliphatic rings. The molecule has 0 unspecified atom stereocenters. The Morgan fingerprint density at radius 1 is 1.12 bits per heavy atom. The van der Waals surface area contributed by atoms with Crippen molar-refractivity contribution in [1.82, 2.24) is 9.88 Å². The number of carboxylic acids is 1. The van der Waals surface area contributed by atoms with Crippen molar-refractivity contribution in [2.75, 3.05) is 4.90 Å². The van der Waals surface area contributed by atoms with Crippen LogP contribution < -0.4 is 10.2 Å². The number of hydrogen-bond donors (Lipinski definition) is 2. The summed E-state index contributed by atoms with van der Waals surface area (Å²) in [4.78, 5) is 38.5. The summed E-state index contributed by atoms with van der Waals surface area (Å²) in [7, 11) is 0. The molecule has 1 aromatic heterocycles. The summed E-state index contributed by atoms with van der Waals surface area (Å²) in [5.74, 6) is -1.98. The van der Waals surface area contributed by atoms with Crippen molar-refractivity contribution in [3.8, 4) is 0 Å². The number of hydrogen-bond acceptors (Lipinski definition) is 4. The normalized spacial score (nSPS) is 16.5. The number of rotatable bonds is 4. The fourth-order valence-corrected chi connectivity index (χ4v) is 4.10. The van der Waals surface area contributed by atoms with Crippen LogP contribution in [0.25, 0.3) is 17.0 Å². The number of aliphatic carboxylic acids is 1. The first-order valence-corrected chi connectivity index (χ1v) is 10.4. The Morgan fingerprint density at radius 3 is 2.56 bits per heavy atom. The van der Waals surface area contributed by atoms with Crippen molar-refractivity contribution in [2.45, 2.75) is 26.8 Å². The first-order chi connectivity index (χ1) is 15.2. The van der Waals surface area contributed by atoms with E-state index in [9.17, 15) is 19.5 Å². The van der Waals surface area contributed by atoms with E-state index in [4.69, 9.17) is 12.2 Å². The summed E-state index contributed by atoms with van der Waals surface area (Å²) in [5.41, 5.74) is 3.90. The summed E-state index contributed by atoms with van der Waals surface area (Å²) in [6.07, 6.45) is 3.23. The number of carbonyl (C=O) groups excluding carboxylic acids is 2. The molecule has 1 saturated heterocycles. The van der Waals surface area contributed by atoms with Crippen LogP contribution in [0.1, 0.15) is 29.7 Å². The molecule has 2 heterocycles. The molecule has 2 amide bonds. The standard InChI is InChI=1S/C24H21N3O4S/c1-13-4-6-19(14(2)10-13)27-22(29)18(21(28)25-24(27)32)12-16-5-7-20-17(11-16)8-9-26(20)15(3)23(30)31/h4-12,15H,1-3H3,(H,30,31)(H,25,28,32)/b18-12+/t15-/m1/s1. The molecule has 3 aromatic rings. The van der Waals surface area contributed by atoms with E-state index in [1.807, 2.05) is 38.1 Å². The van der Waals surface area contributed by atoms with Gasteiger partial charge in [-0.25, -0.2) is 4.79 Å². The van der Waals surface area contributed by atoms with Crippen LogP contribution in [0.5, 0.6) is 0 Å². The van der Waals surface area contributed by atoms with Gasteiger partial charge >= 0.3 is 5.97 Å². The molecule has 1 fully saturated rings. The molecule has 2 N–H and O–H groups in total. The zero-order valence-electron chi connectivity index (χ0n) is 17.7. The molecule has 4 rings (SSSR count). The second-order valence-electron chi connectivity index (χ2n) is 7.80. The molecular weight excluding hydrogens is 426 g/mol. The summed E-state index contributed by atoms with van der Waals surface area (Å²) in [5, 5.41) is 12.7. The molecule has 0 radical (unpaired) electrons. The van der Waals surface area contributed by atoms with Gasteiger partial charge < -0.3 is 9.67 Å². The van der Waals surface area contributed by atoms with Gasteiger partial charge in [0.15, 0.2) is 5.11 Å². The summed E-state index contributed by atoms with van der Waals surface area (Å²) < 4.78 is 1.66. The van der Waals surface area contributed by atoms with Gasteiger partial charge in [0.1, 0.15) is 11.6 Å². The third-order valence-electron chi connectivity index (χ3n) is 5.52. The number of carbonyl (C=O) groups is 3. The van der Waals surface area contributed by atoms with E-state index in [0.29, 0.717) is 11.3 Å². The van der Waals surface area contributed by atoms with Crippen molar-refractivity contribution < 1.29 is 19.5 Å². The molecule has 0 saturated carbocycles. The van der Waals surface area contributed by atoms with Crippen molar-refractivity contribution >= 4 is 57.8 Å². The number of carboxylic acid groups (broad SMARTS) is 1. The third-order valence-corrected chi connectivity index (χ3v) is 5.81. The molecule has 162 valence electrons. The molecule has 32 heavy (non-hydrogen) atoms. The first kappa shape index (κ1) is 21.5. The van der Waals surface area contributed by atoms with Crippen LogP contribution in [-0.2, 0) is 14.4 Å². The highest BCUT2D eigenvalue weighted by Crippen LogP contribution is 2.27. The van der Waals surface area contributed by atoms with Gasteiger partial charge in [0.25, 0.3) is 11.8 Å². The van der Waals surface area contributed by atoms with Gasteiger partial charge in [-0.15, -0.1) is 0 Å². The van der Waals surface area contributed by atoms with Gasteiger partial charge in [0.2, 0.25) is 0 Å². The minimum Gasteiger partial charge on any atom is -0.480 e. The van der Waals surface area contributed by atoms with Gasteiger partial charge in [0.05, 0.1) is 5.69 Å². The zero-order chi connectivity index (χ0) is 23.2. The molecule has 0 bridgehead atoms. The maximum absolute atomic E-state index is 13.3. The van der Waals surface area contributed by atoms with Crippen LogP contribution >= 0.6 is 12.2 Å². The van der Waals surface area contributed by atoms with Crippen molar-refractivity contribution in [2.24, 2.45) is 0 Å². The van der Waals surface area contributed by atoms with Crippen LogP contribution in [0.4, 0.5) is 5.69 Å². The van der Waals surface area contributed by atoms with Gasteiger partial charge in [-0.2, -0.15) is 0 Å². The lowest BCUT2D eigenvalue weighted by Gasteiger charge is -2.30. The number of benzene rings is 2. The van der Waals surface area contributed by atoms with Crippen molar-refractivity contribution in [3.63, 3.8) is 0 Å². The molecule has 7 nitrogen and oxygen atoms in total. The Hall–Kier alpha value is -3.78. The monoisotopic (exact) mass is 447 g/mol. The smallest absolute Gasteiger partial charge is 0.326 e. The van der Waals surface area contributed by atoms with Crippen LogP contribution in [0.3, 0.4) is 0 Å². The molecular formula is C24H21N3O4S. The molecule has 1 aliphatic heterocycles. The van der Waals surface area contributed by atoms with Crippen molar-refractivity contribution in [3.05, 3.63) is 70.9 Å². The highest BCUT2D eigenvalue weighted by atomic mass is 32.1. The maximum atomic E-state index is 13.3. The second-order valence-corrected chi connectivity index (χ2v) is 8.19.